The van der Waals surface area contributed by atoms with Crippen molar-refractivity contribution in [2.45, 2.75) is 51.2 Å². The van der Waals surface area contributed by atoms with E-state index in [2.05, 4.69) is 78.5 Å². The standard InChI is InChI=1S/C32H32N2O2/c1-5-6-17-34-26-16-10-12-20-11-9-13-21(29(20)26)27(34)18-22-30(35)23(31(22)36)19-28-32(2,3)24-14-7-8-15-25(24)33(28)4/h7-16,18-19,30-31H,5-6,17H2,1-4H3. The van der Waals surface area contributed by atoms with Crippen LogP contribution < -0.4 is 10.2 Å². The minimum atomic E-state index is -1.10. The van der Waals surface area contributed by atoms with Crippen LogP contribution in [0, 0.1) is 0 Å². The Kier molecular flexibility index (Phi) is 5.36. The average molecular weight is 477 g/mol. The van der Waals surface area contributed by atoms with Gasteiger partial charge in [0.2, 0.25) is 17.1 Å². The van der Waals surface area contributed by atoms with E-state index in [4.69, 9.17) is 0 Å². The predicted molar refractivity (Wildman–Crippen MR) is 142 cm³/mol. The molecule has 0 N–H and O–H groups in total. The van der Waals surface area contributed by atoms with Crippen molar-refractivity contribution in [2.24, 2.45) is 0 Å². The van der Waals surface area contributed by atoms with E-state index >= 15 is 0 Å². The molecule has 0 saturated heterocycles. The van der Waals surface area contributed by atoms with Crippen LogP contribution in [0.2, 0.25) is 0 Å². The first kappa shape index (κ1) is 23.1. The molecule has 1 fully saturated rings. The molecule has 36 heavy (non-hydrogen) atoms. The Morgan fingerprint density at radius 2 is 1.53 bits per heavy atom. The lowest BCUT2D eigenvalue weighted by atomic mass is 9.74. The molecule has 1 aliphatic carbocycles. The number of fused-ring (bicyclic) bond motifs is 1. The molecule has 3 aromatic carbocycles. The van der Waals surface area contributed by atoms with Crippen LogP contribution in [0.15, 0.2) is 84.0 Å². The van der Waals surface area contributed by atoms with Gasteiger partial charge in [0.05, 0.1) is 16.4 Å². The molecular weight excluding hydrogens is 444 g/mol. The number of hydrogen-bond donors (Lipinski definition) is 0. The van der Waals surface area contributed by atoms with Gasteiger partial charge in [0.15, 0.2) is 5.71 Å². The first-order chi connectivity index (χ1) is 17.3. The van der Waals surface area contributed by atoms with Crippen molar-refractivity contribution in [3.05, 3.63) is 95.1 Å². The third-order valence-corrected chi connectivity index (χ3v) is 8.23. The van der Waals surface area contributed by atoms with Gasteiger partial charge in [0, 0.05) is 36.3 Å². The van der Waals surface area contributed by atoms with Gasteiger partial charge in [-0.15, -0.1) is 0 Å². The Labute approximate surface area is 212 Å². The molecule has 0 aromatic heterocycles. The van der Waals surface area contributed by atoms with Gasteiger partial charge in [-0.25, -0.2) is 0 Å². The Bertz CT molecular complexity index is 1520. The van der Waals surface area contributed by atoms with E-state index in [0.717, 1.165) is 42.1 Å². The summed E-state index contributed by atoms with van der Waals surface area (Å²) >= 11 is 0. The van der Waals surface area contributed by atoms with E-state index in [9.17, 15) is 10.2 Å². The second-order valence-electron chi connectivity index (χ2n) is 10.7. The van der Waals surface area contributed by atoms with Crippen molar-refractivity contribution in [1.29, 1.82) is 0 Å². The quantitative estimate of drug-likeness (QED) is 0.521. The molecule has 4 heteroatoms. The highest BCUT2D eigenvalue weighted by Crippen LogP contribution is 2.42. The highest BCUT2D eigenvalue weighted by molar-refractivity contribution is 6.20. The van der Waals surface area contributed by atoms with Gasteiger partial charge < -0.3 is 10.2 Å². The Morgan fingerprint density at radius 3 is 2.25 bits per heavy atom. The maximum atomic E-state index is 13.5. The van der Waals surface area contributed by atoms with Crippen LogP contribution in [-0.2, 0) is 5.41 Å². The minimum Gasteiger partial charge on any atom is -0.846 e. The molecule has 182 valence electrons. The van der Waals surface area contributed by atoms with Crippen molar-refractivity contribution >= 4 is 33.6 Å². The summed E-state index contributed by atoms with van der Waals surface area (Å²) in [6, 6.07) is 21.0. The fraction of sp³-hybridized carbons (Fsp3) is 0.312. The third kappa shape index (κ3) is 3.21. The van der Waals surface area contributed by atoms with Crippen LogP contribution in [0.5, 0.6) is 0 Å². The maximum absolute atomic E-state index is 13.5. The molecule has 0 spiro atoms. The third-order valence-electron chi connectivity index (χ3n) is 8.23. The van der Waals surface area contributed by atoms with E-state index < -0.39 is 12.2 Å². The number of para-hydroxylation sites is 1. The van der Waals surface area contributed by atoms with Crippen LogP contribution >= 0.6 is 0 Å². The van der Waals surface area contributed by atoms with Crippen LogP contribution in [0.25, 0.3) is 10.8 Å². The summed E-state index contributed by atoms with van der Waals surface area (Å²) in [6.07, 6.45) is 3.71. The molecule has 2 unspecified atom stereocenters. The van der Waals surface area contributed by atoms with Gasteiger partial charge >= 0.3 is 0 Å². The van der Waals surface area contributed by atoms with Crippen LogP contribution in [0.4, 0.5) is 11.4 Å². The number of unbranched alkanes of at least 4 members (excludes halogenated alkanes) is 1. The number of benzene rings is 3. The number of rotatable bonds is 5. The topological polar surface area (TPSA) is 52.1 Å². The Balaban J connectivity index is 1.40. The van der Waals surface area contributed by atoms with E-state index in [1.807, 2.05) is 31.3 Å². The summed E-state index contributed by atoms with van der Waals surface area (Å²) in [6.45, 7) is 7.38. The largest absolute Gasteiger partial charge is 0.846 e. The average Bonchev–Trinajstić information content (AvgIpc) is 3.29. The SMILES string of the molecule is CCCC[N+]1=C(C=C2C([O-])C(=CC3=[N+](C)c4ccccc4C3(C)C)C2[O-])c2cccc3cccc1c23. The molecule has 2 heterocycles. The number of allylic oxidation sites excluding steroid dienone is 2. The van der Waals surface area contributed by atoms with Crippen molar-refractivity contribution in [2.75, 3.05) is 13.6 Å². The van der Waals surface area contributed by atoms with E-state index in [-0.39, 0.29) is 5.41 Å². The minimum absolute atomic E-state index is 0.258. The molecule has 3 aromatic rings. The first-order valence-corrected chi connectivity index (χ1v) is 13.0. The van der Waals surface area contributed by atoms with Gasteiger partial charge in [-0.2, -0.15) is 9.15 Å². The first-order valence-electron chi connectivity index (χ1n) is 13.0. The van der Waals surface area contributed by atoms with Crippen molar-refractivity contribution in [1.82, 2.24) is 0 Å². The molecule has 6 rings (SSSR count). The fourth-order valence-corrected chi connectivity index (χ4v) is 6.19. The predicted octanol–water partition coefficient (Wildman–Crippen LogP) is 4.12. The van der Waals surface area contributed by atoms with Crippen LogP contribution in [0.1, 0.15) is 44.7 Å². The lowest BCUT2D eigenvalue weighted by Crippen LogP contribution is -2.56. The smallest absolute Gasteiger partial charge is 0.214 e. The summed E-state index contributed by atoms with van der Waals surface area (Å²) in [5.41, 5.74) is 7.27. The molecule has 2 atom stereocenters. The molecule has 0 radical (unpaired) electrons. The van der Waals surface area contributed by atoms with Crippen molar-refractivity contribution in [3.8, 4) is 0 Å². The second-order valence-corrected chi connectivity index (χ2v) is 10.7. The normalized spacial score (nSPS) is 21.8. The zero-order valence-corrected chi connectivity index (χ0v) is 21.4. The Morgan fingerprint density at radius 1 is 0.861 bits per heavy atom. The zero-order valence-electron chi connectivity index (χ0n) is 21.4. The summed E-state index contributed by atoms with van der Waals surface area (Å²) in [7, 11) is 2.02. The van der Waals surface area contributed by atoms with Crippen LogP contribution in [-0.4, -0.2) is 46.4 Å². The summed E-state index contributed by atoms with van der Waals surface area (Å²) < 4.78 is 4.42. The van der Waals surface area contributed by atoms with Gasteiger partial charge in [-0.3, -0.25) is 0 Å². The van der Waals surface area contributed by atoms with E-state index in [1.54, 1.807) is 0 Å². The van der Waals surface area contributed by atoms with Gasteiger partial charge in [-0.1, -0.05) is 79.2 Å². The summed E-state index contributed by atoms with van der Waals surface area (Å²) in [5.74, 6) is 0. The maximum Gasteiger partial charge on any atom is 0.214 e. The number of nitrogens with zero attached hydrogens (tertiary/aromatic N) is 2. The molecule has 4 nitrogen and oxygen atoms in total. The molecule has 2 aliphatic heterocycles. The molecule has 0 amide bonds. The number of hydrogen-bond acceptors (Lipinski definition) is 2. The lowest BCUT2D eigenvalue weighted by Gasteiger charge is -2.51. The molecule has 1 saturated carbocycles. The highest BCUT2D eigenvalue weighted by Gasteiger charge is 2.44. The van der Waals surface area contributed by atoms with Crippen LogP contribution in [0.3, 0.4) is 0 Å². The van der Waals surface area contributed by atoms with Gasteiger partial charge in [0.25, 0.3) is 0 Å². The summed E-state index contributed by atoms with van der Waals surface area (Å²) in [4.78, 5) is 0. The fourth-order valence-electron chi connectivity index (χ4n) is 6.19. The highest BCUT2D eigenvalue weighted by atomic mass is 16.3. The zero-order chi connectivity index (χ0) is 25.2. The van der Waals surface area contributed by atoms with E-state index in [1.165, 1.54) is 22.0 Å². The lowest BCUT2D eigenvalue weighted by molar-refractivity contribution is -0.464. The van der Waals surface area contributed by atoms with Crippen molar-refractivity contribution in [3.63, 3.8) is 0 Å². The Hall–Kier alpha value is -3.34. The molecular formula is C32H32N2O2. The van der Waals surface area contributed by atoms with Crippen molar-refractivity contribution < 1.29 is 19.4 Å². The van der Waals surface area contributed by atoms with E-state index in [0.29, 0.717) is 11.1 Å². The van der Waals surface area contributed by atoms with Gasteiger partial charge in [0.1, 0.15) is 13.6 Å². The molecule has 3 aliphatic rings. The summed E-state index contributed by atoms with van der Waals surface area (Å²) in [5, 5.41) is 29.3. The van der Waals surface area contributed by atoms with Gasteiger partial charge in [-0.05, 0) is 25.3 Å². The molecule has 0 bridgehead atoms. The monoisotopic (exact) mass is 476 g/mol. The second kappa shape index (κ2) is 8.36.